The van der Waals surface area contributed by atoms with Crippen molar-refractivity contribution in [2.45, 2.75) is 6.54 Å². The number of aromatic hydroxyl groups is 1. The summed E-state index contributed by atoms with van der Waals surface area (Å²) in [6.45, 7) is -0.689. The zero-order valence-corrected chi connectivity index (χ0v) is 19.1. The second-order valence-corrected chi connectivity index (χ2v) is 8.12. The Bertz CT molecular complexity index is 1430. The van der Waals surface area contributed by atoms with Crippen molar-refractivity contribution in [2.24, 2.45) is 0 Å². The zero-order chi connectivity index (χ0) is 24.9. The Labute approximate surface area is 205 Å². The average molecular weight is 490 g/mol. The molecule has 9 heteroatoms. The van der Waals surface area contributed by atoms with Gasteiger partial charge in [-0.1, -0.05) is 78.3 Å². The lowest BCUT2D eigenvalue weighted by molar-refractivity contribution is -0.135. The Morgan fingerprint density at radius 3 is 2.11 bits per heavy atom. The van der Waals surface area contributed by atoms with Crippen LogP contribution >= 0.6 is 11.6 Å². The van der Waals surface area contributed by atoms with E-state index in [2.05, 4.69) is 10.4 Å². The molecule has 0 unspecified atom stereocenters. The Kier molecular flexibility index (Phi) is 6.93. The maximum absolute atomic E-state index is 13.1. The van der Waals surface area contributed by atoms with Crippen LogP contribution in [0.1, 0.15) is 15.9 Å². The Morgan fingerprint density at radius 1 is 0.886 bits per heavy atom. The summed E-state index contributed by atoms with van der Waals surface area (Å²) in [5.74, 6) is -2.94. The van der Waals surface area contributed by atoms with Crippen LogP contribution in [-0.2, 0) is 11.3 Å². The quantitative estimate of drug-likeness (QED) is 0.363. The van der Waals surface area contributed by atoms with Crippen molar-refractivity contribution < 1.29 is 19.8 Å². The number of aliphatic carboxylic acids is 1. The second kappa shape index (κ2) is 10.2. The molecule has 0 aliphatic heterocycles. The molecule has 0 aliphatic carbocycles. The van der Waals surface area contributed by atoms with E-state index >= 15 is 0 Å². The Morgan fingerprint density at radius 2 is 1.49 bits per heavy atom. The molecule has 3 N–H and O–H groups in total. The summed E-state index contributed by atoms with van der Waals surface area (Å²) >= 11 is 5.95. The molecular formula is C26H20ClN3O5. The number of carboxylic acids is 1. The number of aromatic nitrogens is 2. The molecule has 0 saturated carbocycles. The third kappa shape index (κ3) is 5.39. The highest BCUT2D eigenvalue weighted by Crippen LogP contribution is 2.29. The second-order valence-electron chi connectivity index (χ2n) is 7.68. The lowest BCUT2D eigenvalue weighted by atomic mass is 10.0. The van der Waals surface area contributed by atoms with Gasteiger partial charge in [0.05, 0.1) is 6.54 Å². The molecular weight excluding hydrogens is 470 g/mol. The summed E-state index contributed by atoms with van der Waals surface area (Å²) in [6.07, 6.45) is 0. The van der Waals surface area contributed by atoms with Gasteiger partial charge in [-0.15, -0.1) is 0 Å². The Balaban J connectivity index is 1.75. The van der Waals surface area contributed by atoms with Gasteiger partial charge in [0.1, 0.15) is 12.2 Å². The molecule has 1 amide bonds. The third-order valence-electron chi connectivity index (χ3n) is 5.27. The van der Waals surface area contributed by atoms with Gasteiger partial charge in [-0.05, 0) is 28.8 Å². The number of amides is 1. The normalized spacial score (nSPS) is 10.7. The molecule has 176 valence electrons. The topological polar surface area (TPSA) is 122 Å². The number of carbonyl (C=O) groups excluding carboxylic acids is 1. The molecule has 0 saturated heterocycles. The van der Waals surface area contributed by atoms with Gasteiger partial charge < -0.3 is 15.5 Å². The molecule has 4 rings (SSSR count). The van der Waals surface area contributed by atoms with Crippen molar-refractivity contribution in [1.82, 2.24) is 15.1 Å². The van der Waals surface area contributed by atoms with E-state index in [1.807, 2.05) is 54.6 Å². The monoisotopic (exact) mass is 489 g/mol. The lowest BCUT2D eigenvalue weighted by Crippen LogP contribution is -2.37. The van der Waals surface area contributed by atoms with E-state index in [0.29, 0.717) is 10.6 Å². The van der Waals surface area contributed by atoms with Crippen molar-refractivity contribution >= 4 is 23.5 Å². The molecule has 35 heavy (non-hydrogen) atoms. The fraction of sp³-hybridized carbons (Fsp3) is 0.0769. The number of hydrogen-bond acceptors (Lipinski definition) is 5. The van der Waals surface area contributed by atoms with Crippen LogP contribution in [0.4, 0.5) is 0 Å². The number of halogens is 1. The van der Waals surface area contributed by atoms with E-state index in [9.17, 15) is 19.5 Å². The number of nitrogens with zero attached hydrogens (tertiary/aromatic N) is 2. The summed E-state index contributed by atoms with van der Waals surface area (Å²) < 4.78 is 1.07. The van der Waals surface area contributed by atoms with Gasteiger partial charge in [0.15, 0.2) is 11.3 Å². The number of hydrogen-bond donors (Lipinski definition) is 3. The maximum Gasteiger partial charge on any atom is 0.322 e. The summed E-state index contributed by atoms with van der Waals surface area (Å²) in [4.78, 5) is 36.6. The van der Waals surface area contributed by atoms with Crippen LogP contribution in [-0.4, -0.2) is 38.4 Å². The zero-order valence-electron chi connectivity index (χ0n) is 18.3. The largest absolute Gasteiger partial charge is 0.505 e. The number of rotatable bonds is 7. The van der Waals surface area contributed by atoms with E-state index in [1.54, 1.807) is 24.3 Å². The van der Waals surface area contributed by atoms with Crippen molar-refractivity contribution in [2.75, 3.05) is 6.54 Å². The standard InChI is InChI=1S/C26H20ClN3O5/c27-20-12-10-19(11-13-20)23-24(33)22(25(34)28-14-21(31)32)26(35)30(29-23)15-16-6-8-18(9-7-16)17-4-2-1-3-5-17/h1-13,33H,14-15H2,(H,28,34)(H,31,32). The van der Waals surface area contributed by atoms with Gasteiger partial charge in [-0.2, -0.15) is 5.10 Å². The SMILES string of the molecule is O=C(O)CNC(=O)c1c(O)c(-c2ccc(Cl)cc2)nn(Cc2ccc(-c3ccccc3)cc2)c1=O. The molecule has 0 aliphatic rings. The average Bonchev–Trinajstić information content (AvgIpc) is 2.86. The van der Waals surface area contributed by atoms with Crippen molar-refractivity contribution in [1.29, 1.82) is 0 Å². The van der Waals surface area contributed by atoms with Gasteiger partial charge in [-0.25, -0.2) is 4.68 Å². The first-order chi connectivity index (χ1) is 16.8. The van der Waals surface area contributed by atoms with E-state index < -0.39 is 35.3 Å². The minimum absolute atomic E-state index is 0.0114. The predicted octanol–water partition coefficient (Wildman–Crippen LogP) is 3.80. The number of nitrogens with one attached hydrogen (secondary N) is 1. The Hall–Kier alpha value is -4.43. The van der Waals surface area contributed by atoms with Crippen molar-refractivity contribution in [3.05, 3.63) is 105 Å². The van der Waals surface area contributed by atoms with E-state index in [1.165, 1.54) is 0 Å². The minimum Gasteiger partial charge on any atom is -0.505 e. The van der Waals surface area contributed by atoms with Gasteiger partial charge in [0.25, 0.3) is 11.5 Å². The summed E-state index contributed by atoms with van der Waals surface area (Å²) in [5, 5.41) is 26.5. The van der Waals surface area contributed by atoms with Crippen LogP contribution < -0.4 is 10.9 Å². The molecule has 0 atom stereocenters. The first kappa shape index (κ1) is 23.7. The van der Waals surface area contributed by atoms with E-state index in [-0.39, 0.29) is 12.2 Å². The van der Waals surface area contributed by atoms with Gasteiger partial charge in [0.2, 0.25) is 0 Å². The highest BCUT2D eigenvalue weighted by molar-refractivity contribution is 6.30. The molecule has 0 radical (unpaired) electrons. The molecule has 1 heterocycles. The van der Waals surface area contributed by atoms with Crippen LogP contribution in [0, 0.1) is 0 Å². The van der Waals surface area contributed by atoms with Gasteiger partial charge >= 0.3 is 5.97 Å². The molecule has 0 spiro atoms. The molecule has 8 nitrogen and oxygen atoms in total. The first-order valence-electron chi connectivity index (χ1n) is 10.6. The molecule has 3 aromatic carbocycles. The highest BCUT2D eigenvalue weighted by Gasteiger charge is 2.24. The molecule has 0 bridgehead atoms. The first-order valence-corrected chi connectivity index (χ1v) is 11.0. The number of carboxylic acid groups (broad SMARTS) is 1. The molecule has 4 aromatic rings. The third-order valence-corrected chi connectivity index (χ3v) is 5.52. The van der Waals surface area contributed by atoms with Crippen LogP contribution in [0.25, 0.3) is 22.4 Å². The smallest absolute Gasteiger partial charge is 0.322 e. The number of carbonyl (C=O) groups is 2. The summed E-state index contributed by atoms with van der Waals surface area (Å²) in [6, 6.07) is 23.7. The van der Waals surface area contributed by atoms with Crippen LogP contribution in [0.15, 0.2) is 83.7 Å². The van der Waals surface area contributed by atoms with Gasteiger partial charge in [-0.3, -0.25) is 14.4 Å². The van der Waals surface area contributed by atoms with Crippen LogP contribution in [0.3, 0.4) is 0 Å². The lowest BCUT2D eigenvalue weighted by Gasteiger charge is -2.14. The van der Waals surface area contributed by atoms with E-state index in [0.717, 1.165) is 21.4 Å². The number of benzene rings is 3. The van der Waals surface area contributed by atoms with Crippen LogP contribution in [0.5, 0.6) is 5.75 Å². The fourth-order valence-electron chi connectivity index (χ4n) is 3.53. The van der Waals surface area contributed by atoms with Gasteiger partial charge in [0, 0.05) is 10.6 Å². The highest BCUT2D eigenvalue weighted by atomic mass is 35.5. The van der Waals surface area contributed by atoms with Crippen molar-refractivity contribution in [3.8, 4) is 28.1 Å². The van der Waals surface area contributed by atoms with Crippen molar-refractivity contribution in [3.63, 3.8) is 0 Å². The fourth-order valence-corrected chi connectivity index (χ4v) is 3.65. The maximum atomic E-state index is 13.1. The summed E-state index contributed by atoms with van der Waals surface area (Å²) in [7, 11) is 0. The molecule has 1 aromatic heterocycles. The minimum atomic E-state index is -1.29. The summed E-state index contributed by atoms with van der Waals surface area (Å²) in [5.41, 5.74) is 1.75. The van der Waals surface area contributed by atoms with E-state index in [4.69, 9.17) is 16.7 Å². The molecule has 0 fully saturated rings. The van der Waals surface area contributed by atoms with Crippen LogP contribution in [0.2, 0.25) is 5.02 Å². The predicted molar refractivity (Wildman–Crippen MR) is 132 cm³/mol.